The summed E-state index contributed by atoms with van der Waals surface area (Å²) in [6.07, 6.45) is 5.45. The smallest absolute Gasteiger partial charge is 0.343 e. The first-order valence-corrected chi connectivity index (χ1v) is 10.8. The summed E-state index contributed by atoms with van der Waals surface area (Å²) in [5.74, 6) is 0.0275. The van der Waals surface area contributed by atoms with Crippen molar-refractivity contribution in [1.82, 2.24) is 9.29 Å². The molecule has 0 N–H and O–H groups in total. The van der Waals surface area contributed by atoms with Gasteiger partial charge in [0, 0.05) is 20.3 Å². The average Bonchev–Trinajstić information content (AvgIpc) is 2.79. The van der Waals surface area contributed by atoms with Crippen molar-refractivity contribution in [2.24, 2.45) is 0 Å². The first-order valence-electron chi connectivity index (χ1n) is 9.33. The number of rotatable bonds is 7. The summed E-state index contributed by atoms with van der Waals surface area (Å²) in [6.45, 7) is 0. The van der Waals surface area contributed by atoms with Crippen molar-refractivity contribution in [2.45, 2.75) is 4.90 Å². The number of ether oxygens (including phenoxy) is 2. The first kappa shape index (κ1) is 22.2. The number of esters is 1. The van der Waals surface area contributed by atoms with Crippen molar-refractivity contribution < 1.29 is 22.7 Å². The number of carbonyl (C=O) groups is 1. The molecule has 3 aromatic rings. The van der Waals surface area contributed by atoms with Crippen molar-refractivity contribution in [2.75, 3.05) is 21.2 Å². The Morgan fingerprint density at radius 3 is 2.32 bits per heavy atom. The number of hydrogen-bond acceptors (Lipinski definition) is 6. The van der Waals surface area contributed by atoms with E-state index in [1.165, 1.54) is 45.5 Å². The summed E-state index contributed by atoms with van der Waals surface area (Å²) in [7, 11) is 0.804. The van der Waals surface area contributed by atoms with Gasteiger partial charge in [0.05, 0.1) is 23.3 Å². The van der Waals surface area contributed by atoms with Crippen LogP contribution >= 0.6 is 0 Å². The van der Waals surface area contributed by atoms with E-state index in [-0.39, 0.29) is 16.2 Å². The molecule has 31 heavy (non-hydrogen) atoms. The van der Waals surface area contributed by atoms with E-state index in [1.807, 2.05) is 30.4 Å². The highest BCUT2D eigenvalue weighted by molar-refractivity contribution is 7.89. The molecule has 7 nitrogen and oxygen atoms in total. The molecule has 160 valence electrons. The summed E-state index contributed by atoms with van der Waals surface area (Å²) in [4.78, 5) is 16.8. The van der Waals surface area contributed by atoms with Gasteiger partial charge in [0.25, 0.3) is 0 Å². The Bertz CT molecular complexity index is 1190. The largest absolute Gasteiger partial charge is 0.493 e. The van der Waals surface area contributed by atoms with E-state index in [4.69, 9.17) is 9.47 Å². The van der Waals surface area contributed by atoms with Gasteiger partial charge in [0.2, 0.25) is 10.0 Å². The Kier molecular flexibility index (Phi) is 6.84. The first-order chi connectivity index (χ1) is 14.8. The van der Waals surface area contributed by atoms with Crippen molar-refractivity contribution >= 4 is 28.1 Å². The summed E-state index contributed by atoms with van der Waals surface area (Å²) in [5.41, 5.74) is 1.89. The van der Waals surface area contributed by atoms with Crippen LogP contribution in [-0.2, 0) is 10.0 Å². The summed E-state index contributed by atoms with van der Waals surface area (Å²) >= 11 is 0. The maximum atomic E-state index is 12.5. The quantitative estimate of drug-likeness (QED) is 0.413. The number of benzene rings is 2. The third kappa shape index (κ3) is 5.36. The van der Waals surface area contributed by atoms with Crippen LogP contribution in [0.3, 0.4) is 0 Å². The number of carbonyl (C=O) groups excluding carboxylic acids is 1. The maximum absolute atomic E-state index is 12.5. The fourth-order valence-electron chi connectivity index (χ4n) is 2.66. The molecule has 0 saturated carbocycles. The van der Waals surface area contributed by atoms with Crippen molar-refractivity contribution in [3.05, 3.63) is 83.7 Å². The van der Waals surface area contributed by atoms with Gasteiger partial charge in [-0.3, -0.25) is 4.98 Å². The van der Waals surface area contributed by atoms with Crippen LogP contribution in [0.25, 0.3) is 12.2 Å². The molecule has 0 aliphatic carbocycles. The van der Waals surface area contributed by atoms with E-state index in [1.54, 1.807) is 24.4 Å². The number of nitrogens with zero attached hydrogens (tertiary/aromatic N) is 2. The second-order valence-electron chi connectivity index (χ2n) is 6.70. The molecule has 1 heterocycles. The lowest BCUT2D eigenvalue weighted by molar-refractivity contribution is 0.0729. The van der Waals surface area contributed by atoms with Gasteiger partial charge >= 0.3 is 5.97 Å². The minimum atomic E-state index is -3.57. The highest BCUT2D eigenvalue weighted by atomic mass is 32.2. The fraction of sp³-hybridized carbons (Fsp3) is 0.130. The minimum Gasteiger partial charge on any atom is -0.493 e. The molecule has 0 fully saturated rings. The number of aromatic nitrogens is 1. The molecular weight excluding hydrogens is 416 g/mol. The zero-order valence-corrected chi connectivity index (χ0v) is 18.2. The maximum Gasteiger partial charge on any atom is 0.343 e. The van der Waals surface area contributed by atoms with E-state index in [0.29, 0.717) is 5.75 Å². The molecule has 3 rings (SSSR count). The van der Waals surface area contributed by atoms with Crippen molar-refractivity contribution in [1.29, 1.82) is 0 Å². The third-order valence-corrected chi connectivity index (χ3v) is 6.22. The van der Waals surface area contributed by atoms with Crippen LogP contribution in [-0.4, -0.2) is 44.9 Å². The predicted molar refractivity (Wildman–Crippen MR) is 118 cm³/mol. The molecule has 0 saturated heterocycles. The van der Waals surface area contributed by atoms with Gasteiger partial charge in [-0.15, -0.1) is 0 Å². The lowest BCUT2D eigenvalue weighted by atomic mass is 10.1. The summed E-state index contributed by atoms with van der Waals surface area (Å²) in [5, 5.41) is 0. The van der Waals surface area contributed by atoms with Gasteiger partial charge < -0.3 is 9.47 Å². The van der Waals surface area contributed by atoms with Crippen molar-refractivity contribution in [3.8, 4) is 11.5 Å². The topological polar surface area (TPSA) is 85.8 Å². The summed E-state index contributed by atoms with van der Waals surface area (Å²) < 4.78 is 36.2. The van der Waals surface area contributed by atoms with Gasteiger partial charge in [0.15, 0.2) is 11.5 Å². The second kappa shape index (κ2) is 9.55. The number of pyridine rings is 1. The molecule has 0 spiro atoms. The molecule has 0 radical (unpaired) electrons. The molecule has 0 aliphatic heterocycles. The van der Waals surface area contributed by atoms with Crippen LogP contribution in [0.5, 0.6) is 11.5 Å². The predicted octanol–water partition coefficient (Wildman–Crippen LogP) is 3.73. The molecule has 2 aromatic carbocycles. The SMILES string of the molecule is COc1cc(/C=C/c2ccccn2)ccc1OC(=O)c1ccc(S(=O)(=O)N(C)C)cc1. The van der Waals surface area contributed by atoms with E-state index >= 15 is 0 Å². The lowest BCUT2D eigenvalue weighted by Gasteiger charge is -2.12. The second-order valence-corrected chi connectivity index (χ2v) is 8.85. The zero-order chi connectivity index (χ0) is 22.4. The highest BCUT2D eigenvalue weighted by Gasteiger charge is 2.18. The Morgan fingerprint density at radius 2 is 1.71 bits per heavy atom. The van der Waals surface area contributed by atoms with Gasteiger partial charge in [0.1, 0.15) is 0 Å². The number of methoxy groups -OCH3 is 1. The van der Waals surface area contributed by atoms with Gasteiger partial charge in [-0.2, -0.15) is 0 Å². The monoisotopic (exact) mass is 438 g/mol. The van der Waals surface area contributed by atoms with Crippen LogP contribution in [0.2, 0.25) is 0 Å². The third-order valence-electron chi connectivity index (χ3n) is 4.39. The van der Waals surface area contributed by atoms with E-state index < -0.39 is 16.0 Å². The Labute approximate surface area is 181 Å². The molecule has 0 amide bonds. The minimum absolute atomic E-state index is 0.0932. The van der Waals surface area contributed by atoms with E-state index in [0.717, 1.165) is 15.6 Å². The Balaban J connectivity index is 1.76. The fourth-order valence-corrected chi connectivity index (χ4v) is 3.56. The normalized spacial score (nSPS) is 11.6. The van der Waals surface area contributed by atoms with Crippen molar-refractivity contribution in [3.63, 3.8) is 0 Å². The average molecular weight is 439 g/mol. The lowest BCUT2D eigenvalue weighted by Crippen LogP contribution is -2.22. The van der Waals surface area contributed by atoms with E-state index in [9.17, 15) is 13.2 Å². The highest BCUT2D eigenvalue weighted by Crippen LogP contribution is 2.29. The van der Waals surface area contributed by atoms with Gasteiger partial charge in [-0.1, -0.05) is 18.2 Å². The number of hydrogen-bond donors (Lipinski definition) is 0. The molecule has 8 heteroatoms. The Morgan fingerprint density at radius 1 is 0.968 bits per heavy atom. The van der Waals surface area contributed by atoms with Gasteiger partial charge in [-0.05, 0) is 60.2 Å². The van der Waals surface area contributed by atoms with E-state index in [2.05, 4.69) is 4.98 Å². The van der Waals surface area contributed by atoms with Crippen LogP contribution in [0.15, 0.2) is 71.8 Å². The molecular formula is C23H22N2O5S. The van der Waals surface area contributed by atoms with Crippen LogP contribution in [0, 0.1) is 0 Å². The van der Waals surface area contributed by atoms with Crippen LogP contribution in [0.1, 0.15) is 21.6 Å². The summed E-state index contributed by atoms with van der Waals surface area (Å²) in [6, 6.07) is 16.4. The Hall–Kier alpha value is -3.49. The molecule has 0 bridgehead atoms. The number of sulfonamides is 1. The van der Waals surface area contributed by atoms with Crippen LogP contribution in [0.4, 0.5) is 0 Å². The molecule has 1 aromatic heterocycles. The molecule has 0 aliphatic rings. The zero-order valence-electron chi connectivity index (χ0n) is 17.3. The standard InChI is InChI=1S/C23H22N2O5S/c1-25(2)31(27,28)20-12-9-18(10-13-20)23(26)30-21-14-8-17(16-22(21)29-3)7-11-19-6-4-5-15-24-19/h4-16H,1-3H3/b11-7+. The van der Waals surface area contributed by atoms with Gasteiger partial charge in [-0.25, -0.2) is 17.5 Å². The molecule has 0 atom stereocenters. The van der Waals surface area contributed by atoms with Crippen LogP contribution < -0.4 is 9.47 Å². The molecule has 0 unspecified atom stereocenters.